The van der Waals surface area contributed by atoms with Crippen LogP contribution in [-0.4, -0.2) is 32.9 Å². The van der Waals surface area contributed by atoms with Gasteiger partial charge in [0.25, 0.3) is 0 Å². The number of hydrogen-bond donors (Lipinski definition) is 1. The molecule has 0 spiro atoms. The van der Waals surface area contributed by atoms with Gasteiger partial charge in [0.2, 0.25) is 0 Å². The highest BCUT2D eigenvalue weighted by molar-refractivity contribution is 5.27. The van der Waals surface area contributed by atoms with Crippen LogP contribution in [-0.2, 0) is 11.2 Å². The lowest BCUT2D eigenvalue weighted by molar-refractivity contribution is 0.132. The van der Waals surface area contributed by atoms with Gasteiger partial charge in [0.1, 0.15) is 12.4 Å². The number of ether oxygens (including phenoxy) is 2. The lowest BCUT2D eigenvalue weighted by Gasteiger charge is -2.08. The third-order valence-electron chi connectivity index (χ3n) is 2.94. The molecule has 1 N–H and O–H groups in total. The summed E-state index contributed by atoms with van der Waals surface area (Å²) in [7, 11) is 0. The first-order valence-corrected chi connectivity index (χ1v) is 7.37. The Labute approximate surface area is 117 Å². The van der Waals surface area contributed by atoms with Crippen LogP contribution in [0.15, 0.2) is 24.3 Å². The molecule has 108 valence electrons. The fraction of sp³-hybridized carbons (Fsp3) is 0.625. The summed E-state index contributed by atoms with van der Waals surface area (Å²) in [5.74, 6) is 0.943. The van der Waals surface area contributed by atoms with Crippen LogP contribution in [0.4, 0.5) is 0 Å². The van der Waals surface area contributed by atoms with Crippen molar-refractivity contribution in [1.82, 2.24) is 5.32 Å². The Morgan fingerprint density at radius 1 is 0.947 bits per heavy atom. The van der Waals surface area contributed by atoms with Crippen molar-refractivity contribution in [2.45, 2.75) is 33.1 Å². The Kier molecular flexibility index (Phi) is 9.11. The van der Waals surface area contributed by atoms with Crippen molar-refractivity contribution in [3.05, 3.63) is 29.8 Å². The molecule has 0 amide bonds. The minimum Gasteiger partial charge on any atom is -0.492 e. The number of unbranched alkanes of at least 4 members (excludes halogenated alkanes) is 1. The summed E-state index contributed by atoms with van der Waals surface area (Å²) < 4.78 is 11.1. The van der Waals surface area contributed by atoms with E-state index in [0.717, 1.165) is 44.9 Å². The Balaban J connectivity index is 1.95. The van der Waals surface area contributed by atoms with Gasteiger partial charge in [0.15, 0.2) is 0 Å². The maximum Gasteiger partial charge on any atom is 0.119 e. The fourth-order valence-corrected chi connectivity index (χ4v) is 1.68. The van der Waals surface area contributed by atoms with Crippen LogP contribution in [0, 0.1) is 0 Å². The van der Waals surface area contributed by atoms with Gasteiger partial charge < -0.3 is 14.8 Å². The van der Waals surface area contributed by atoms with E-state index in [9.17, 15) is 0 Å². The normalized spacial score (nSPS) is 10.6. The first kappa shape index (κ1) is 16.0. The highest BCUT2D eigenvalue weighted by Gasteiger charge is 1.94. The molecule has 3 nitrogen and oxygen atoms in total. The zero-order valence-corrected chi connectivity index (χ0v) is 12.3. The van der Waals surface area contributed by atoms with Gasteiger partial charge in [-0.1, -0.05) is 32.4 Å². The maximum atomic E-state index is 5.65. The van der Waals surface area contributed by atoms with E-state index in [4.69, 9.17) is 9.47 Å². The first-order chi connectivity index (χ1) is 9.36. The molecule has 0 aliphatic rings. The third-order valence-corrected chi connectivity index (χ3v) is 2.94. The molecule has 0 bridgehead atoms. The largest absolute Gasteiger partial charge is 0.492 e. The van der Waals surface area contributed by atoms with Crippen LogP contribution in [0.5, 0.6) is 5.75 Å². The van der Waals surface area contributed by atoms with Crippen LogP contribution < -0.4 is 10.1 Å². The molecule has 1 aromatic carbocycles. The monoisotopic (exact) mass is 265 g/mol. The van der Waals surface area contributed by atoms with Crippen molar-refractivity contribution in [3.8, 4) is 5.75 Å². The zero-order valence-electron chi connectivity index (χ0n) is 12.3. The Morgan fingerprint density at radius 3 is 2.37 bits per heavy atom. The predicted octanol–water partition coefficient (Wildman–Crippen LogP) is 3.03. The van der Waals surface area contributed by atoms with Crippen molar-refractivity contribution < 1.29 is 9.47 Å². The molecular formula is C16H27NO2. The van der Waals surface area contributed by atoms with Crippen molar-refractivity contribution >= 4 is 0 Å². The summed E-state index contributed by atoms with van der Waals surface area (Å²) in [6.07, 6.45) is 3.41. The van der Waals surface area contributed by atoms with E-state index >= 15 is 0 Å². The van der Waals surface area contributed by atoms with E-state index in [0.29, 0.717) is 6.61 Å². The predicted molar refractivity (Wildman–Crippen MR) is 79.9 cm³/mol. The molecule has 1 rings (SSSR count). The Hall–Kier alpha value is -1.06. The Bertz CT molecular complexity index is 311. The third kappa shape index (κ3) is 7.85. The van der Waals surface area contributed by atoms with Gasteiger partial charge in [-0.25, -0.2) is 0 Å². The number of aryl methyl sites for hydroxylation is 1. The summed E-state index contributed by atoms with van der Waals surface area (Å²) in [6.45, 7) is 8.42. The van der Waals surface area contributed by atoms with Crippen LogP contribution in [0.1, 0.15) is 32.3 Å². The molecule has 0 aromatic heterocycles. The van der Waals surface area contributed by atoms with Gasteiger partial charge in [-0.15, -0.1) is 0 Å². The van der Waals surface area contributed by atoms with Crippen LogP contribution in [0.2, 0.25) is 0 Å². The number of rotatable bonds is 11. The van der Waals surface area contributed by atoms with Crippen molar-refractivity contribution in [3.63, 3.8) is 0 Å². The summed E-state index contributed by atoms with van der Waals surface area (Å²) in [5.41, 5.74) is 1.34. The lowest BCUT2D eigenvalue weighted by atomic mass is 10.2. The molecule has 0 aliphatic carbocycles. The maximum absolute atomic E-state index is 5.65. The molecule has 1 aromatic rings. The smallest absolute Gasteiger partial charge is 0.119 e. The molecule has 0 heterocycles. The molecule has 0 atom stereocenters. The number of benzene rings is 1. The average Bonchev–Trinajstić information content (AvgIpc) is 2.46. The molecule has 0 radical (unpaired) electrons. The molecule has 3 heteroatoms. The van der Waals surface area contributed by atoms with Crippen LogP contribution in [0.25, 0.3) is 0 Å². The minimum absolute atomic E-state index is 0.695. The second kappa shape index (κ2) is 10.8. The van der Waals surface area contributed by atoms with Crippen molar-refractivity contribution in [1.29, 1.82) is 0 Å². The summed E-state index contributed by atoms with van der Waals surface area (Å²) in [4.78, 5) is 0. The lowest BCUT2D eigenvalue weighted by Crippen LogP contribution is -2.25. The standard InChI is InChI=1S/C16H27NO2/c1-3-5-12-18-13-10-17-11-14-19-16-8-6-15(4-2)7-9-16/h6-9,17H,3-5,10-14H2,1-2H3. The average molecular weight is 265 g/mol. The highest BCUT2D eigenvalue weighted by atomic mass is 16.5. The van der Waals surface area contributed by atoms with Gasteiger partial charge >= 0.3 is 0 Å². The van der Waals surface area contributed by atoms with Crippen LogP contribution >= 0.6 is 0 Å². The van der Waals surface area contributed by atoms with E-state index in [-0.39, 0.29) is 0 Å². The number of hydrogen-bond acceptors (Lipinski definition) is 3. The van der Waals surface area contributed by atoms with E-state index in [1.807, 2.05) is 12.1 Å². The SMILES string of the molecule is CCCCOCCNCCOc1ccc(CC)cc1. The van der Waals surface area contributed by atoms with Gasteiger partial charge in [0.05, 0.1) is 6.61 Å². The molecule has 0 unspecified atom stereocenters. The van der Waals surface area contributed by atoms with Crippen molar-refractivity contribution in [2.75, 3.05) is 32.9 Å². The summed E-state index contributed by atoms with van der Waals surface area (Å²) >= 11 is 0. The molecule has 0 aliphatic heterocycles. The summed E-state index contributed by atoms with van der Waals surface area (Å²) in [5, 5.41) is 3.31. The fourth-order valence-electron chi connectivity index (χ4n) is 1.68. The van der Waals surface area contributed by atoms with E-state index in [1.54, 1.807) is 0 Å². The van der Waals surface area contributed by atoms with Gasteiger partial charge in [-0.05, 0) is 30.5 Å². The molecular weight excluding hydrogens is 238 g/mol. The molecule has 0 saturated heterocycles. The molecule has 19 heavy (non-hydrogen) atoms. The van der Waals surface area contributed by atoms with Gasteiger partial charge in [-0.3, -0.25) is 0 Å². The minimum atomic E-state index is 0.695. The van der Waals surface area contributed by atoms with Crippen LogP contribution in [0.3, 0.4) is 0 Å². The summed E-state index contributed by atoms with van der Waals surface area (Å²) in [6, 6.07) is 8.30. The first-order valence-electron chi connectivity index (χ1n) is 7.37. The second-order valence-corrected chi connectivity index (χ2v) is 4.56. The quantitative estimate of drug-likeness (QED) is 0.624. The molecule has 0 saturated carbocycles. The Morgan fingerprint density at radius 2 is 1.68 bits per heavy atom. The van der Waals surface area contributed by atoms with E-state index in [1.165, 1.54) is 12.0 Å². The molecule has 0 fully saturated rings. The van der Waals surface area contributed by atoms with Gasteiger partial charge in [0, 0.05) is 19.7 Å². The van der Waals surface area contributed by atoms with E-state index < -0.39 is 0 Å². The van der Waals surface area contributed by atoms with Crippen molar-refractivity contribution in [2.24, 2.45) is 0 Å². The van der Waals surface area contributed by atoms with E-state index in [2.05, 4.69) is 31.3 Å². The second-order valence-electron chi connectivity index (χ2n) is 4.56. The highest BCUT2D eigenvalue weighted by Crippen LogP contribution is 2.11. The number of nitrogens with one attached hydrogen (secondary N) is 1. The van der Waals surface area contributed by atoms with Gasteiger partial charge in [-0.2, -0.15) is 0 Å². The zero-order chi connectivity index (χ0) is 13.8. The topological polar surface area (TPSA) is 30.5 Å².